The summed E-state index contributed by atoms with van der Waals surface area (Å²) in [4.78, 5) is 0. The molecule has 0 unspecified atom stereocenters. The van der Waals surface area contributed by atoms with Gasteiger partial charge in [-0.2, -0.15) is 0 Å². The highest BCUT2D eigenvalue weighted by molar-refractivity contribution is 5.26. The fourth-order valence-corrected chi connectivity index (χ4v) is 6.92. The van der Waals surface area contributed by atoms with Crippen molar-refractivity contribution in [2.24, 2.45) is 29.1 Å². The van der Waals surface area contributed by atoms with Gasteiger partial charge in [0.15, 0.2) is 5.79 Å². The molecule has 1 N–H and O–H groups in total. The Kier molecular flexibility index (Phi) is 3.37. The van der Waals surface area contributed by atoms with E-state index in [-0.39, 0.29) is 17.3 Å². The van der Waals surface area contributed by atoms with Gasteiger partial charge in [0.05, 0.1) is 19.3 Å². The van der Waals surface area contributed by atoms with Crippen molar-refractivity contribution < 1.29 is 14.6 Å². The van der Waals surface area contributed by atoms with Gasteiger partial charge in [-0.25, -0.2) is 0 Å². The molecular weight excluding hydrogens is 300 g/mol. The maximum atomic E-state index is 10.7. The first kappa shape index (κ1) is 15.6. The Bertz CT molecular complexity index is 588. The molecule has 6 atom stereocenters. The molecule has 1 saturated heterocycles. The third-order valence-electron chi connectivity index (χ3n) is 8.19. The van der Waals surface area contributed by atoms with E-state index in [2.05, 4.69) is 19.6 Å². The van der Waals surface area contributed by atoms with Crippen molar-refractivity contribution in [1.29, 1.82) is 0 Å². The van der Waals surface area contributed by atoms with Gasteiger partial charge in [-0.3, -0.25) is 0 Å². The van der Waals surface area contributed by atoms with E-state index in [1.165, 1.54) is 19.3 Å². The van der Waals surface area contributed by atoms with Gasteiger partial charge in [0.1, 0.15) is 0 Å². The highest BCUT2D eigenvalue weighted by Crippen LogP contribution is 2.62. The Morgan fingerprint density at radius 1 is 1.17 bits per heavy atom. The van der Waals surface area contributed by atoms with Crippen LogP contribution in [0.25, 0.3) is 0 Å². The van der Waals surface area contributed by atoms with Crippen molar-refractivity contribution in [3.05, 3.63) is 23.8 Å². The van der Waals surface area contributed by atoms with Crippen LogP contribution in [0.1, 0.15) is 51.9 Å². The molecule has 0 aromatic carbocycles. The molecule has 5 rings (SSSR count). The van der Waals surface area contributed by atoms with Crippen LogP contribution in [0.5, 0.6) is 0 Å². The molecule has 0 aromatic rings. The van der Waals surface area contributed by atoms with Crippen molar-refractivity contribution in [2.75, 3.05) is 13.2 Å². The van der Waals surface area contributed by atoms with Crippen molar-refractivity contribution in [3.63, 3.8) is 0 Å². The minimum absolute atomic E-state index is 0.0666. The fourth-order valence-electron chi connectivity index (χ4n) is 6.92. The van der Waals surface area contributed by atoms with Crippen molar-refractivity contribution in [2.45, 2.75) is 63.8 Å². The summed E-state index contributed by atoms with van der Waals surface area (Å²) in [5.74, 6) is 2.56. The van der Waals surface area contributed by atoms with Crippen LogP contribution in [0.4, 0.5) is 0 Å². The second-order valence-corrected chi connectivity index (χ2v) is 9.19. The van der Waals surface area contributed by atoms with Gasteiger partial charge in [0, 0.05) is 18.3 Å². The van der Waals surface area contributed by atoms with E-state index < -0.39 is 0 Å². The first-order valence-electron chi connectivity index (χ1n) is 9.85. The minimum Gasteiger partial charge on any atom is -0.388 e. The molecule has 0 radical (unpaired) electrons. The van der Waals surface area contributed by atoms with Crippen LogP contribution >= 0.6 is 0 Å². The van der Waals surface area contributed by atoms with Crippen LogP contribution in [0, 0.1) is 29.1 Å². The summed E-state index contributed by atoms with van der Waals surface area (Å²) < 4.78 is 11.9. The topological polar surface area (TPSA) is 38.7 Å². The van der Waals surface area contributed by atoms with Gasteiger partial charge in [-0.15, -0.1) is 0 Å². The van der Waals surface area contributed by atoms with Crippen molar-refractivity contribution in [1.82, 2.24) is 0 Å². The van der Waals surface area contributed by atoms with Crippen molar-refractivity contribution >= 4 is 0 Å². The third kappa shape index (κ3) is 2.01. The largest absolute Gasteiger partial charge is 0.388 e. The molecular formula is C21H30O3. The van der Waals surface area contributed by atoms with Gasteiger partial charge >= 0.3 is 0 Å². The molecule has 1 heterocycles. The number of aliphatic hydroxyl groups excluding tert-OH is 1. The standard InChI is InChI=1S/C21H30O3/c1-13-11-18-17-4-3-14-12-21(23-9-10-24-21)8-6-15(14)16(17)5-7-20(18,2)19(13)22/h3,15-19,22H,1,4-12H2,2H3/t15-,16+,17+,18-,19+,20-/m0/s1. The molecule has 3 nitrogen and oxygen atoms in total. The molecule has 3 saturated carbocycles. The average Bonchev–Trinajstić information content (AvgIpc) is 3.12. The van der Waals surface area contributed by atoms with Gasteiger partial charge < -0.3 is 14.6 Å². The van der Waals surface area contributed by atoms with E-state index in [1.54, 1.807) is 5.57 Å². The third-order valence-corrected chi connectivity index (χ3v) is 8.19. The summed E-state index contributed by atoms with van der Waals surface area (Å²) in [5.41, 5.74) is 2.75. The zero-order valence-electron chi connectivity index (χ0n) is 14.8. The van der Waals surface area contributed by atoms with Crippen LogP contribution < -0.4 is 0 Å². The van der Waals surface area contributed by atoms with E-state index in [9.17, 15) is 5.11 Å². The molecule has 132 valence electrons. The normalized spacial score (nSPS) is 49.5. The van der Waals surface area contributed by atoms with E-state index in [0.29, 0.717) is 5.92 Å². The number of allylic oxidation sites excluding steroid dienone is 1. The smallest absolute Gasteiger partial charge is 0.172 e. The van der Waals surface area contributed by atoms with Crippen LogP contribution in [-0.4, -0.2) is 30.2 Å². The van der Waals surface area contributed by atoms with Gasteiger partial charge in [-0.05, 0) is 61.3 Å². The zero-order chi connectivity index (χ0) is 16.5. The first-order valence-corrected chi connectivity index (χ1v) is 9.85. The summed E-state index contributed by atoms with van der Waals surface area (Å²) >= 11 is 0. The fraction of sp³-hybridized carbons (Fsp3) is 0.810. The molecule has 0 bridgehead atoms. The maximum absolute atomic E-state index is 10.7. The Morgan fingerprint density at radius 2 is 1.96 bits per heavy atom. The molecule has 24 heavy (non-hydrogen) atoms. The lowest BCUT2D eigenvalue weighted by Crippen LogP contribution is -2.48. The average molecular weight is 330 g/mol. The number of hydrogen-bond acceptors (Lipinski definition) is 3. The second kappa shape index (κ2) is 5.18. The predicted molar refractivity (Wildman–Crippen MR) is 92.3 cm³/mol. The number of rotatable bonds is 0. The molecule has 0 aromatic heterocycles. The van der Waals surface area contributed by atoms with Gasteiger partial charge in [0.2, 0.25) is 0 Å². The zero-order valence-corrected chi connectivity index (χ0v) is 14.8. The molecule has 0 amide bonds. The van der Waals surface area contributed by atoms with E-state index >= 15 is 0 Å². The van der Waals surface area contributed by atoms with Crippen LogP contribution in [0.3, 0.4) is 0 Å². The quantitative estimate of drug-likeness (QED) is 0.686. The molecule has 3 heteroatoms. The van der Waals surface area contributed by atoms with Gasteiger partial charge in [-0.1, -0.05) is 25.2 Å². The maximum Gasteiger partial charge on any atom is 0.172 e. The highest BCUT2D eigenvalue weighted by Gasteiger charge is 2.57. The molecule has 4 fully saturated rings. The molecule has 1 aliphatic heterocycles. The first-order chi connectivity index (χ1) is 11.5. The van der Waals surface area contributed by atoms with Crippen molar-refractivity contribution in [3.8, 4) is 0 Å². The summed E-state index contributed by atoms with van der Waals surface area (Å²) in [6.45, 7) is 7.99. The van der Waals surface area contributed by atoms with E-state index in [0.717, 1.165) is 62.2 Å². The summed E-state index contributed by atoms with van der Waals surface area (Å²) in [6.07, 6.45) is 10.1. The monoisotopic (exact) mass is 330 g/mol. The Hall–Kier alpha value is -0.640. The highest BCUT2D eigenvalue weighted by atomic mass is 16.7. The Labute approximate surface area is 145 Å². The Morgan fingerprint density at radius 3 is 2.75 bits per heavy atom. The van der Waals surface area contributed by atoms with E-state index in [1.807, 2.05) is 0 Å². The second-order valence-electron chi connectivity index (χ2n) is 9.19. The number of ether oxygens (including phenoxy) is 2. The summed E-state index contributed by atoms with van der Waals surface area (Å²) in [7, 11) is 0. The van der Waals surface area contributed by atoms with Crippen LogP contribution in [-0.2, 0) is 9.47 Å². The van der Waals surface area contributed by atoms with Gasteiger partial charge in [0.25, 0.3) is 0 Å². The minimum atomic E-state index is -0.295. The predicted octanol–water partition coefficient (Wildman–Crippen LogP) is 3.83. The van der Waals surface area contributed by atoms with Crippen LogP contribution in [0.2, 0.25) is 0 Å². The molecule has 1 spiro atoms. The number of hydrogen-bond donors (Lipinski definition) is 1. The number of aliphatic hydroxyl groups is 1. The molecule has 4 aliphatic carbocycles. The lowest BCUT2D eigenvalue weighted by molar-refractivity contribution is -0.176. The summed E-state index contributed by atoms with van der Waals surface area (Å²) in [5, 5.41) is 10.7. The molecule has 5 aliphatic rings. The van der Waals surface area contributed by atoms with E-state index in [4.69, 9.17) is 9.47 Å². The Balaban J connectivity index is 1.42. The lowest BCUT2D eigenvalue weighted by atomic mass is 9.52. The SMILES string of the molecule is C=C1C[C@H]2[C@@H]3CC=C4CC5(CC[C@@H]4[C@H]3CC[C@]2(C)[C@@H]1O)OCCO5. The van der Waals surface area contributed by atoms with Crippen LogP contribution in [0.15, 0.2) is 23.8 Å². The summed E-state index contributed by atoms with van der Waals surface area (Å²) in [6, 6.07) is 0. The number of fused-ring (bicyclic) bond motifs is 5. The lowest BCUT2D eigenvalue weighted by Gasteiger charge is -2.53.